The number of carbonyl (C=O) groups is 1. The molecule has 0 atom stereocenters. The Morgan fingerprint density at radius 1 is 1.56 bits per heavy atom. The van der Waals surface area contributed by atoms with E-state index in [0.717, 1.165) is 0 Å². The first-order valence-corrected chi connectivity index (χ1v) is 2.29. The van der Waals surface area contributed by atoms with Crippen LogP contribution in [0.4, 0.5) is 0 Å². The highest BCUT2D eigenvalue weighted by Gasteiger charge is 2.25. The summed E-state index contributed by atoms with van der Waals surface area (Å²) < 4.78 is 4.60. The van der Waals surface area contributed by atoms with Gasteiger partial charge in [-0.15, -0.1) is 12.4 Å². The van der Waals surface area contributed by atoms with Gasteiger partial charge >= 0.3 is 5.97 Å². The van der Waals surface area contributed by atoms with E-state index in [4.69, 9.17) is 5.11 Å². The number of methoxy groups -OCH3 is 1. The predicted molar refractivity (Wildman–Crippen MR) is 36.0 cm³/mol. The molecule has 4 heteroatoms. The number of carboxylic acids is 1. The molecule has 0 aromatic heterocycles. The van der Waals surface area contributed by atoms with Crippen LogP contribution in [0.5, 0.6) is 0 Å². The molecule has 0 saturated carbocycles. The van der Waals surface area contributed by atoms with Gasteiger partial charge in [0.1, 0.15) is 0 Å². The minimum absolute atomic E-state index is 0. The van der Waals surface area contributed by atoms with Crippen LogP contribution in [0.1, 0.15) is 13.8 Å². The number of aliphatic carboxylic acids is 1. The van der Waals surface area contributed by atoms with Crippen molar-refractivity contribution in [2.75, 3.05) is 7.11 Å². The molecule has 3 nitrogen and oxygen atoms in total. The third kappa shape index (κ3) is 3.32. The molecule has 0 heterocycles. The molecule has 1 N–H and O–H groups in total. The zero-order chi connectivity index (χ0) is 6.78. The number of ether oxygens (including phenoxy) is 1. The normalized spacial score (nSPS) is 10.1. The van der Waals surface area contributed by atoms with Gasteiger partial charge in [-0.25, -0.2) is 4.79 Å². The molecule has 0 rings (SSSR count). The molecule has 0 radical (unpaired) electrons. The van der Waals surface area contributed by atoms with E-state index in [2.05, 4.69) is 4.74 Å². The van der Waals surface area contributed by atoms with Crippen LogP contribution in [-0.2, 0) is 9.53 Å². The first-order chi connectivity index (χ1) is 3.50. The largest absolute Gasteiger partial charge is 0.479 e. The fourth-order valence-electron chi connectivity index (χ4n) is 0.0873. The maximum absolute atomic E-state index is 10.1. The Bertz CT molecular complexity index is 100. The Kier molecular flexibility index (Phi) is 4.72. The van der Waals surface area contributed by atoms with Gasteiger partial charge in [-0.3, -0.25) is 0 Å². The molecule has 0 saturated heterocycles. The van der Waals surface area contributed by atoms with E-state index in [9.17, 15) is 4.79 Å². The van der Waals surface area contributed by atoms with Gasteiger partial charge in [-0.05, 0) is 13.8 Å². The van der Waals surface area contributed by atoms with Gasteiger partial charge in [0.2, 0.25) is 0 Å². The fourth-order valence-corrected chi connectivity index (χ4v) is 0.0873. The first kappa shape index (κ1) is 11.5. The summed E-state index contributed by atoms with van der Waals surface area (Å²) in [6, 6.07) is 0. The summed E-state index contributed by atoms with van der Waals surface area (Å²) in [5, 5.41) is 8.32. The average molecular weight is 155 g/mol. The third-order valence-electron chi connectivity index (χ3n) is 1.03. The molecule has 0 bridgehead atoms. The lowest BCUT2D eigenvalue weighted by molar-refractivity contribution is -0.157. The van der Waals surface area contributed by atoms with Crippen LogP contribution in [0.25, 0.3) is 0 Å². The minimum Gasteiger partial charge on any atom is -0.479 e. The number of carboxylic acid groups (broad SMARTS) is 1. The van der Waals surface area contributed by atoms with Crippen molar-refractivity contribution in [3.05, 3.63) is 0 Å². The molecular formula is C5H11ClO3. The highest BCUT2D eigenvalue weighted by Crippen LogP contribution is 2.05. The van der Waals surface area contributed by atoms with Gasteiger partial charge in [-0.2, -0.15) is 0 Å². The second-order valence-corrected chi connectivity index (χ2v) is 2.02. The molecule has 0 aliphatic rings. The van der Waals surface area contributed by atoms with Gasteiger partial charge < -0.3 is 9.84 Å². The van der Waals surface area contributed by atoms with E-state index >= 15 is 0 Å². The summed E-state index contributed by atoms with van der Waals surface area (Å²) in [4.78, 5) is 10.1. The van der Waals surface area contributed by atoms with E-state index in [1.807, 2.05) is 0 Å². The van der Waals surface area contributed by atoms with Crippen LogP contribution in [0.3, 0.4) is 0 Å². The summed E-state index contributed by atoms with van der Waals surface area (Å²) in [7, 11) is 1.37. The van der Waals surface area contributed by atoms with Crippen LogP contribution in [-0.4, -0.2) is 23.8 Å². The first-order valence-electron chi connectivity index (χ1n) is 2.29. The summed E-state index contributed by atoms with van der Waals surface area (Å²) >= 11 is 0. The molecule has 0 amide bonds. The molecule has 9 heavy (non-hydrogen) atoms. The number of rotatable bonds is 2. The maximum atomic E-state index is 10.1. The van der Waals surface area contributed by atoms with E-state index in [1.165, 1.54) is 21.0 Å². The summed E-state index contributed by atoms with van der Waals surface area (Å²) in [5.74, 6) is -0.944. The minimum atomic E-state index is -1.04. The van der Waals surface area contributed by atoms with E-state index in [0.29, 0.717) is 0 Å². The quantitative estimate of drug-likeness (QED) is 0.644. The van der Waals surface area contributed by atoms with Gasteiger partial charge in [0.05, 0.1) is 0 Å². The Hall–Kier alpha value is -0.280. The van der Waals surface area contributed by atoms with Crippen molar-refractivity contribution in [1.82, 2.24) is 0 Å². The van der Waals surface area contributed by atoms with Gasteiger partial charge in [0.15, 0.2) is 5.60 Å². The van der Waals surface area contributed by atoms with Crippen molar-refractivity contribution in [3.8, 4) is 0 Å². The van der Waals surface area contributed by atoms with Crippen LogP contribution < -0.4 is 0 Å². The van der Waals surface area contributed by atoms with Crippen molar-refractivity contribution >= 4 is 18.4 Å². The highest BCUT2D eigenvalue weighted by atomic mass is 35.5. The molecule has 0 unspecified atom stereocenters. The van der Waals surface area contributed by atoms with Crippen molar-refractivity contribution in [2.24, 2.45) is 0 Å². The van der Waals surface area contributed by atoms with Crippen LogP contribution in [0.15, 0.2) is 0 Å². The van der Waals surface area contributed by atoms with Crippen molar-refractivity contribution < 1.29 is 14.6 Å². The lowest BCUT2D eigenvalue weighted by Crippen LogP contribution is -2.33. The standard InChI is InChI=1S/C5H10O3.ClH/c1-5(2,8-3)4(6)7;/h1-3H3,(H,6,7);1H. The predicted octanol–water partition coefficient (Wildman–Crippen LogP) is 0.918. The lowest BCUT2D eigenvalue weighted by atomic mass is 10.1. The van der Waals surface area contributed by atoms with E-state index in [1.54, 1.807) is 0 Å². The lowest BCUT2D eigenvalue weighted by Gasteiger charge is -2.15. The fraction of sp³-hybridized carbons (Fsp3) is 0.800. The van der Waals surface area contributed by atoms with Gasteiger partial charge in [0.25, 0.3) is 0 Å². The smallest absolute Gasteiger partial charge is 0.335 e. The molecule has 0 aliphatic carbocycles. The number of hydrogen-bond acceptors (Lipinski definition) is 2. The monoisotopic (exact) mass is 154 g/mol. The molecule has 0 aromatic rings. The van der Waals surface area contributed by atoms with Crippen molar-refractivity contribution in [1.29, 1.82) is 0 Å². The van der Waals surface area contributed by atoms with Crippen LogP contribution in [0, 0.1) is 0 Å². The molecule has 0 aliphatic heterocycles. The maximum Gasteiger partial charge on any atom is 0.335 e. The topological polar surface area (TPSA) is 46.5 Å². The molecular weight excluding hydrogens is 144 g/mol. The van der Waals surface area contributed by atoms with E-state index < -0.39 is 11.6 Å². The zero-order valence-corrected chi connectivity index (χ0v) is 6.49. The number of hydrogen-bond donors (Lipinski definition) is 1. The molecule has 0 aromatic carbocycles. The van der Waals surface area contributed by atoms with E-state index in [-0.39, 0.29) is 12.4 Å². The second kappa shape index (κ2) is 3.69. The van der Waals surface area contributed by atoms with Crippen LogP contribution >= 0.6 is 12.4 Å². The molecule has 0 fully saturated rings. The van der Waals surface area contributed by atoms with Gasteiger partial charge in [-0.1, -0.05) is 0 Å². The van der Waals surface area contributed by atoms with Crippen LogP contribution in [0.2, 0.25) is 0 Å². The Labute approximate surface area is 60.4 Å². The highest BCUT2D eigenvalue weighted by molar-refractivity contribution is 5.85. The Balaban J connectivity index is 0. The third-order valence-corrected chi connectivity index (χ3v) is 1.03. The van der Waals surface area contributed by atoms with Crippen molar-refractivity contribution in [3.63, 3.8) is 0 Å². The number of halogens is 1. The summed E-state index contributed by atoms with van der Waals surface area (Å²) in [6.07, 6.45) is 0. The summed E-state index contributed by atoms with van der Waals surface area (Å²) in [5.41, 5.74) is -1.04. The molecule has 56 valence electrons. The Morgan fingerprint density at radius 2 is 1.89 bits per heavy atom. The second-order valence-electron chi connectivity index (χ2n) is 2.02. The van der Waals surface area contributed by atoms with Crippen molar-refractivity contribution in [2.45, 2.75) is 19.4 Å². The average Bonchev–Trinajstić information content (AvgIpc) is 1.67. The zero-order valence-electron chi connectivity index (χ0n) is 5.67. The Morgan fingerprint density at radius 3 is 1.89 bits per heavy atom. The van der Waals surface area contributed by atoms with Gasteiger partial charge in [0, 0.05) is 7.11 Å². The molecule has 0 spiro atoms. The SMILES string of the molecule is COC(C)(C)C(=O)O.Cl. The summed E-state index contributed by atoms with van der Waals surface area (Å²) in [6.45, 7) is 2.99.